The van der Waals surface area contributed by atoms with Crippen molar-refractivity contribution >= 4 is 33.5 Å². The van der Waals surface area contributed by atoms with Crippen LogP contribution in [0.4, 0.5) is 5.82 Å². The van der Waals surface area contributed by atoms with E-state index in [-0.39, 0.29) is 0 Å². The van der Waals surface area contributed by atoms with Crippen molar-refractivity contribution in [1.82, 2.24) is 14.9 Å². The Balaban J connectivity index is 1.81. The van der Waals surface area contributed by atoms with Crippen LogP contribution in [0.15, 0.2) is 15.8 Å². The van der Waals surface area contributed by atoms with Crippen molar-refractivity contribution in [2.24, 2.45) is 11.8 Å². The summed E-state index contributed by atoms with van der Waals surface area (Å²) in [5.41, 5.74) is 0. The Kier molecular flexibility index (Phi) is 3.51. The van der Waals surface area contributed by atoms with Crippen LogP contribution in [0.1, 0.15) is 0 Å². The second-order valence-corrected chi connectivity index (χ2v) is 6.80. The van der Waals surface area contributed by atoms with Crippen LogP contribution in [0.25, 0.3) is 0 Å². The fourth-order valence-electron chi connectivity index (χ4n) is 3.06. The lowest BCUT2D eigenvalue weighted by molar-refractivity contribution is 0.386. The summed E-state index contributed by atoms with van der Waals surface area (Å²) in [6, 6.07) is 0. The van der Waals surface area contributed by atoms with Gasteiger partial charge < -0.3 is 9.80 Å². The third-order valence-corrected chi connectivity index (χ3v) is 4.98. The third kappa shape index (κ3) is 2.26. The lowest BCUT2D eigenvalue weighted by Gasteiger charge is -2.21. The molecular weight excluding hydrogens is 312 g/mol. The SMILES string of the molecule is CSc1ncc(Br)c(N2CC3CN(C)CC3C2)n1. The first kappa shape index (κ1) is 12.7. The molecule has 1 aromatic heterocycles. The van der Waals surface area contributed by atoms with Crippen LogP contribution in [0.2, 0.25) is 0 Å². The van der Waals surface area contributed by atoms with Crippen molar-refractivity contribution in [3.05, 3.63) is 10.7 Å². The summed E-state index contributed by atoms with van der Waals surface area (Å²) < 4.78 is 1.01. The maximum Gasteiger partial charge on any atom is 0.189 e. The van der Waals surface area contributed by atoms with Gasteiger partial charge in [0.05, 0.1) is 4.47 Å². The van der Waals surface area contributed by atoms with E-state index in [4.69, 9.17) is 0 Å². The smallest absolute Gasteiger partial charge is 0.189 e. The first-order chi connectivity index (χ1) is 8.67. The Labute approximate surface area is 120 Å². The zero-order valence-corrected chi connectivity index (χ0v) is 13.0. The minimum absolute atomic E-state index is 0.801. The van der Waals surface area contributed by atoms with Gasteiger partial charge in [-0.15, -0.1) is 0 Å². The van der Waals surface area contributed by atoms with Crippen LogP contribution < -0.4 is 4.90 Å². The van der Waals surface area contributed by atoms with E-state index >= 15 is 0 Å². The first-order valence-electron chi connectivity index (χ1n) is 6.17. The molecular formula is C12H17BrN4S. The van der Waals surface area contributed by atoms with Crippen LogP contribution >= 0.6 is 27.7 Å². The Hall–Kier alpha value is -0.330. The molecule has 0 radical (unpaired) electrons. The van der Waals surface area contributed by atoms with Gasteiger partial charge in [0.25, 0.3) is 0 Å². The van der Waals surface area contributed by atoms with E-state index in [0.29, 0.717) is 0 Å². The molecule has 2 saturated heterocycles. The minimum Gasteiger partial charge on any atom is -0.355 e. The zero-order chi connectivity index (χ0) is 12.7. The highest BCUT2D eigenvalue weighted by Gasteiger charge is 2.39. The lowest BCUT2D eigenvalue weighted by atomic mass is 10.0. The molecule has 1 aromatic rings. The van der Waals surface area contributed by atoms with Crippen LogP contribution in [-0.2, 0) is 0 Å². The van der Waals surface area contributed by atoms with Crippen molar-refractivity contribution in [2.75, 3.05) is 44.4 Å². The Morgan fingerprint density at radius 2 is 1.94 bits per heavy atom. The highest BCUT2D eigenvalue weighted by Crippen LogP contribution is 2.35. The second-order valence-electron chi connectivity index (χ2n) is 5.17. The normalized spacial score (nSPS) is 27.8. The minimum atomic E-state index is 0.801. The van der Waals surface area contributed by atoms with Gasteiger partial charge >= 0.3 is 0 Å². The van der Waals surface area contributed by atoms with E-state index in [9.17, 15) is 0 Å². The number of rotatable bonds is 2. The molecule has 0 saturated carbocycles. The molecule has 0 amide bonds. The quantitative estimate of drug-likeness (QED) is 0.612. The average Bonchev–Trinajstić information content (AvgIpc) is 2.86. The number of halogens is 1. The monoisotopic (exact) mass is 328 g/mol. The number of anilines is 1. The molecule has 2 fully saturated rings. The molecule has 4 nitrogen and oxygen atoms in total. The van der Waals surface area contributed by atoms with E-state index in [1.807, 2.05) is 12.5 Å². The molecule has 3 heterocycles. The van der Waals surface area contributed by atoms with E-state index in [1.165, 1.54) is 13.1 Å². The summed E-state index contributed by atoms with van der Waals surface area (Å²) >= 11 is 5.17. The van der Waals surface area contributed by atoms with E-state index < -0.39 is 0 Å². The lowest BCUT2D eigenvalue weighted by Crippen LogP contribution is -2.27. The number of hydrogen-bond acceptors (Lipinski definition) is 5. The fourth-order valence-corrected chi connectivity index (χ4v) is 3.84. The number of nitrogens with zero attached hydrogens (tertiary/aromatic N) is 4. The molecule has 0 bridgehead atoms. The first-order valence-corrected chi connectivity index (χ1v) is 8.19. The van der Waals surface area contributed by atoms with E-state index in [2.05, 4.69) is 42.7 Å². The number of thioether (sulfide) groups is 1. The molecule has 3 rings (SSSR count). The van der Waals surface area contributed by atoms with Gasteiger partial charge in [-0.1, -0.05) is 11.8 Å². The largest absolute Gasteiger partial charge is 0.355 e. The van der Waals surface area contributed by atoms with Crippen molar-refractivity contribution in [3.8, 4) is 0 Å². The molecule has 2 atom stereocenters. The number of likely N-dealkylation sites (tertiary alicyclic amines) is 1. The molecule has 0 spiro atoms. The standard InChI is InChI=1S/C12H17BrN4S/c1-16-4-8-6-17(7-9(8)5-16)11-10(13)3-14-12(15-11)18-2/h3,8-9H,4-7H2,1-2H3. The van der Waals surface area contributed by atoms with Gasteiger partial charge in [-0.2, -0.15) is 0 Å². The highest BCUT2D eigenvalue weighted by molar-refractivity contribution is 9.10. The van der Waals surface area contributed by atoms with Crippen LogP contribution in [0, 0.1) is 11.8 Å². The summed E-state index contributed by atoms with van der Waals surface area (Å²) in [5.74, 6) is 2.66. The van der Waals surface area contributed by atoms with Crippen molar-refractivity contribution < 1.29 is 0 Å². The molecule has 2 aliphatic rings. The van der Waals surface area contributed by atoms with Crippen molar-refractivity contribution in [2.45, 2.75) is 5.16 Å². The van der Waals surface area contributed by atoms with Gasteiger partial charge in [-0.25, -0.2) is 9.97 Å². The van der Waals surface area contributed by atoms with Gasteiger partial charge in [0.1, 0.15) is 5.82 Å². The Morgan fingerprint density at radius 3 is 2.56 bits per heavy atom. The van der Waals surface area contributed by atoms with Crippen molar-refractivity contribution in [3.63, 3.8) is 0 Å². The van der Waals surface area contributed by atoms with Crippen LogP contribution in [0.5, 0.6) is 0 Å². The van der Waals surface area contributed by atoms with Crippen molar-refractivity contribution in [1.29, 1.82) is 0 Å². The molecule has 0 aromatic carbocycles. The predicted octanol–water partition coefficient (Wildman–Crippen LogP) is 1.96. The van der Waals surface area contributed by atoms with E-state index in [0.717, 1.165) is 40.4 Å². The van der Waals surface area contributed by atoms with Gasteiger partial charge in [0.2, 0.25) is 0 Å². The summed E-state index contributed by atoms with van der Waals surface area (Å²) in [5, 5.41) is 0.849. The molecule has 2 unspecified atom stereocenters. The van der Waals surface area contributed by atoms with E-state index in [1.54, 1.807) is 11.8 Å². The second kappa shape index (κ2) is 4.98. The zero-order valence-electron chi connectivity index (χ0n) is 10.6. The number of fused-ring (bicyclic) bond motifs is 1. The van der Waals surface area contributed by atoms with Gasteiger partial charge in [-0.05, 0) is 41.1 Å². The molecule has 2 aliphatic heterocycles. The van der Waals surface area contributed by atoms with Gasteiger partial charge in [0, 0.05) is 32.4 Å². The summed E-state index contributed by atoms with van der Waals surface area (Å²) in [6.07, 6.45) is 3.88. The predicted molar refractivity (Wildman–Crippen MR) is 78.2 cm³/mol. The number of aromatic nitrogens is 2. The maximum atomic E-state index is 4.64. The molecule has 6 heteroatoms. The summed E-state index contributed by atoms with van der Waals surface area (Å²) in [6.45, 7) is 4.69. The third-order valence-electron chi connectivity index (χ3n) is 3.85. The number of hydrogen-bond donors (Lipinski definition) is 0. The molecule has 18 heavy (non-hydrogen) atoms. The summed E-state index contributed by atoms with van der Waals surface area (Å²) in [7, 11) is 2.22. The maximum absolute atomic E-state index is 4.64. The van der Waals surface area contributed by atoms with Crippen LogP contribution in [-0.4, -0.2) is 54.4 Å². The topological polar surface area (TPSA) is 32.3 Å². The molecule has 0 N–H and O–H groups in total. The molecule has 98 valence electrons. The fraction of sp³-hybridized carbons (Fsp3) is 0.667. The highest BCUT2D eigenvalue weighted by atomic mass is 79.9. The van der Waals surface area contributed by atoms with Crippen LogP contribution in [0.3, 0.4) is 0 Å². The van der Waals surface area contributed by atoms with Gasteiger partial charge in [0.15, 0.2) is 5.16 Å². The molecule has 0 aliphatic carbocycles. The average molecular weight is 329 g/mol. The Bertz CT molecular complexity index is 442. The van der Waals surface area contributed by atoms with Gasteiger partial charge in [-0.3, -0.25) is 0 Å². The Morgan fingerprint density at radius 1 is 1.28 bits per heavy atom. The summed E-state index contributed by atoms with van der Waals surface area (Å²) in [4.78, 5) is 13.8.